The number of hydrogen-bond donors (Lipinski definition) is 0. The van der Waals surface area contributed by atoms with Gasteiger partial charge in [-0.3, -0.25) is 4.90 Å². The van der Waals surface area contributed by atoms with Crippen molar-refractivity contribution in [2.24, 2.45) is 0 Å². The Morgan fingerprint density at radius 1 is 1.27 bits per heavy atom. The zero-order chi connectivity index (χ0) is 19.3. The van der Waals surface area contributed by atoms with Gasteiger partial charge in [-0.05, 0) is 39.3 Å². The van der Waals surface area contributed by atoms with Gasteiger partial charge in [0.05, 0.1) is 28.9 Å². The number of esters is 1. The quantitative estimate of drug-likeness (QED) is 0.731. The van der Waals surface area contributed by atoms with Gasteiger partial charge in [0, 0.05) is 19.6 Å². The summed E-state index contributed by atoms with van der Waals surface area (Å²) >= 11 is 6.29. The lowest BCUT2D eigenvalue weighted by Gasteiger charge is -2.62. The van der Waals surface area contributed by atoms with Crippen LogP contribution >= 0.6 is 11.6 Å². The van der Waals surface area contributed by atoms with Crippen LogP contribution in [0.25, 0.3) is 0 Å². The van der Waals surface area contributed by atoms with E-state index in [-0.39, 0.29) is 22.2 Å². The van der Waals surface area contributed by atoms with Crippen molar-refractivity contribution < 1.29 is 23.5 Å². The van der Waals surface area contributed by atoms with Gasteiger partial charge in [0.1, 0.15) is 11.4 Å². The fourth-order valence-corrected chi connectivity index (χ4v) is 3.67. The van der Waals surface area contributed by atoms with Crippen molar-refractivity contribution >= 4 is 29.4 Å². The first kappa shape index (κ1) is 18.8. The SMILES string of the molecule is COC(=O)c1cc(F)cc(N2CC3(CCN3C(=O)OC(C)(C)C)C2)c1Cl. The molecule has 142 valence electrons. The largest absolute Gasteiger partial charge is 0.465 e. The molecule has 2 saturated heterocycles. The third-order valence-electron chi connectivity index (χ3n) is 4.72. The highest BCUT2D eigenvalue weighted by atomic mass is 35.5. The Balaban J connectivity index is 1.75. The van der Waals surface area contributed by atoms with Crippen LogP contribution < -0.4 is 4.90 Å². The van der Waals surface area contributed by atoms with Crippen molar-refractivity contribution in [2.45, 2.75) is 38.3 Å². The minimum atomic E-state index is -0.690. The van der Waals surface area contributed by atoms with Gasteiger partial charge in [0.15, 0.2) is 0 Å². The molecule has 1 amide bonds. The Morgan fingerprint density at radius 3 is 2.42 bits per heavy atom. The number of amides is 1. The number of carbonyl (C=O) groups is 2. The first-order chi connectivity index (χ1) is 12.1. The highest BCUT2D eigenvalue weighted by molar-refractivity contribution is 6.36. The van der Waals surface area contributed by atoms with E-state index in [9.17, 15) is 14.0 Å². The predicted molar refractivity (Wildman–Crippen MR) is 95.3 cm³/mol. The third kappa shape index (κ3) is 3.20. The van der Waals surface area contributed by atoms with E-state index in [0.29, 0.717) is 25.3 Å². The minimum absolute atomic E-state index is 0.0114. The van der Waals surface area contributed by atoms with Crippen LogP contribution in [0.4, 0.5) is 14.9 Å². The summed E-state index contributed by atoms with van der Waals surface area (Å²) in [4.78, 5) is 27.7. The van der Waals surface area contributed by atoms with Gasteiger partial charge in [0.2, 0.25) is 0 Å². The Hall–Kier alpha value is -2.02. The van der Waals surface area contributed by atoms with Gasteiger partial charge in [-0.1, -0.05) is 11.6 Å². The maximum atomic E-state index is 13.9. The van der Waals surface area contributed by atoms with E-state index in [0.717, 1.165) is 12.5 Å². The Morgan fingerprint density at radius 2 is 1.92 bits per heavy atom. The number of hydrogen-bond acceptors (Lipinski definition) is 5. The van der Waals surface area contributed by atoms with E-state index < -0.39 is 17.4 Å². The summed E-state index contributed by atoms with van der Waals surface area (Å²) < 4.78 is 24.0. The molecule has 0 saturated carbocycles. The van der Waals surface area contributed by atoms with Crippen molar-refractivity contribution in [2.75, 3.05) is 31.6 Å². The second kappa shape index (κ2) is 6.30. The van der Waals surface area contributed by atoms with Crippen LogP contribution in [0.3, 0.4) is 0 Å². The Kier molecular flexibility index (Phi) is 4.55. The molecule has 0 aliphatic carbocycles. The lowest BCUT2D eigenvalue weighted by atomic mass is 9.77. The summed E-state index contributed by atoms with van der Waals surface area (Å²) in [5.74, 6) is -1.26. The molecule has 0 unspecified atom stereocenters. The van der Waals surface area contributed by atoms with Crippen LogP contribution in [0, 0.1) is 5.82 Å². The van der Waals surface area contributed by atoms with E-state index in [1.54, 1.807) is 4.90 Å². The van der Waals surface area contributed by atoms with E-state index in [4.69, 9.17) is 16.3 Å². The molecule has 1 spiro atoms. The van der Waals surface area contributed by atoms with Gasteiger partial charge in [0.25, 0.3) is 0 Å². The number of nitrogens with zero attached hydrogens (tertiary/aromatic N) is 2. The summed E-state index contributed by atoms with van der Waals surface area (Å²) in [5, 5.41) is 0.149. The lowest BCUT2D eigenvalue weighted by Crippen LogP contribution is -2.78. The average molecular weight is 385 g/mol. The molecule has 2 heterocycles. The van der Waals surface area contributed by atoms with Crippen molar-refractivity contribution in [1.82, 2.24) is 4.90 Å². The fourth-order valence-electron chi connectivity index (χ4n) is 3.37. The maximum absolute atomic E-state index is 13.9. The minimum Gasteiger partial charge on any atom is -0.465 e. The number of rotatable bonds is 2. The predicted octanol–water partition coefficient (Wildman–Crippen LogP) is 3.47. The molecule has 1 aromatic rings. The van der Waals surface area contributed by atoms with Crippen LogP contribution in [0.2, 0.25) is 5.02 Å². The van der Waals surface area contributed by atoms with Crippen molar-refractivity contribution in [3.05, 3.63) is 28.5 Å². The number of halogens is 2. The average Bonchev–Trinajstić information content (AvgIpc) is 2.45. The molecule has 2 aliphatic heterocycles. The molecular formula is C18H22ClFN2O4. The Bertz CT molecular complexity index is 756. The summed E-state index contributed by atoms with van der Waals surface area (Å²) in [7, 11) is 1.22. The third-order valence-corrected chi connectivity index (χ3v) is 5.12. The number of carbonyl (C=O) groups excluding carboxylic acids is 2. The number of benzene rings is 1. The van der Waals surface area contributed by atoms with E-state index in [1.165, 1.54) is 13.2 Å². The molecule has 0 bridgehead atoms. The second-order valence-electron chi connectivity index (χ2n) is 7.74. The van der Waals surface area contributed by atoms with Gasteiger partial charge >= 0.3 is 12.1 Å². The second-order valence-corrected chi connectivity index (χ2v) is 8.12. The molecular weight excluding hydrogens is 363 g/mol. The normalized spacial score (nSPS) is 18.2. The lowest BCUT2D eigenvalue weighted by molar-refractivity contribution is -0.0560. The molecule has 0 N–H and O–H groups in total. The molecule has 2 fully saturated rings. The van der Waals surface area contributed by atoms with Gasteiger partial charge in [-0.2, -0.15) is 0 Å². The molecule has 2 aliphatic rings. The zero-order valence-electron chi connectivity index (χ0n) is 15.3. The van der Waals surface area contributed by atoms with Crippen LogP contribution in [-0.2, 0) is 9.47 Å². The summed E-state index contributed by atoms with van der Waals surface area (Å²) in [6.45, 7) is 7.13. The van der Waals surface area contributed by atoms with Gasteiger partial charge < -0.3 is 14.4 Å². The molecule has 0 aromatic heterocycles. The zero-order valence-corrected chi connectivity index (χ0v) is 16.0. The molecule has 3 rings (SSSR count). The molecule has 0 atom stereocenters. The van der Waals surface area contributed by atoms with E-state index >= 15 is 0 Å². The van der Waals surface area contributed by atoms with Crippen LogP contribution in [0.5, 0.6) is 0 Å². The fraction of sp³-hybridized carbons (Fsp3) is 0.556. The standard InChI is InChI=1S/C18H22ClFN2O4/c1-17(2,3)26-16(24)22-6-5-18(22)9-21(10-18)13-8-11(20)7-12(14(13)19)15(23)25-4/h7-8H,5-6,9-10H2,1-4H3. The molecule has 6 nitrogen and oxygen atoms in total. The number of anilines is 1. The molecule has 0 radical (unpaired) electrons. The van der Waals surface area contributed by atoms with Crippen molar-refractivity contribution in [1.29, 1.82) is 0 Å². The van der Waals surface area contributed by atoms with Crippen LogP contribution in [-0.4, -0.2) is 54.8 Å². The molecule has 1 aromatic carbocycles. The summed E-state index contributed by atoms with van der Waals surface area (Å²) in [6.07, 6.45) is 0.503. The first-order valence-corrected chi connectivity index (χ1v) is 8.77. The maximum Gasteiger partial charge on any atom is 0.410 e. The van der Waals surface area contributed by atoms with Crippen molar-refractivity contribution in [3.8, 4) is 0 Å². The topological polar surface area (TPSA) is 59.1 Å². The van der Waals surface area contributed by atoms with Gasteiger partial charge in [-0.25, -0.2) is 14.0 Å². The Labute approximate surface area is 156 Å². The summed E-state index contributed by atoms with van der Waals surface area (Å²) in [5.41, 5.74) is -0.460. The van der Waals surface area contributed by atoms with Crippen LogP contribution in [0.15, 0.2) is 12.1 Å². The molecule has 8 heteroatoms. The number of likely N-dealkylation sites (tertiary alicyclic amines) is 1. The number of ether oxygens (including phenoxy) is 2. The van der Waals surface area contributed by atoms with Crippen molar-refractivity contribution in [3.63, 3.8) is 0 Å². The number of methoxy groups -OCH3 is 1. The van der Waals surface area contributed by atoms with Crippen LogP contribution in [0.1, 0.15) is 37.6 Å². The molecule has 26 heavy (non-hydrogen) atoms. The van der Waals surface area contributed by atoms with E-state index in [2.05, 4.69) is 4.74 Å². The van der Waals surface area contributed by atoms with Gasteiger partial charge in [-0.15, -0.1) is 0 Å². The monoisotopic (exact) mass is 384 g/mol. The first-order valence-electron chi connectivity index (χ1n) is 8.39. The van der Waals surface area contributed by atoms with E-state index in [1.807, 2.05) is 25.7 Å². The smallest absolute Gasteiger partial charge is 0.410 e. The highest BCUT2D eigenvalue weighted by Gasteiger charge is 2.56. The highest BCUT2D eigenvalue weighted by Crippen LogP contribution is 2.44. The summed E-state index contributed by atoms with van der Waals surface area (Å²) in [6, 6.07) is 2.35.